The van der Waals surface area contributed by atoms with Gasteiger partial charge >= 0.3 is 5.97 Å². The van der Waals surface area contributed by atoms with Crippen LogP contribution < -0.4 is 0 Å². The number of aromatic nitrogens is 2. The van der Waals surface area contributed by atoms with Gasteiger partial charge in [-0.2, -0.15) is 4.98 Å². The quantitative estimate of drug-likeness (QED) is 0.244. The summed E-state index contributed by atoms with van der Waals surface area (Å²) in [5.74, 6) is 2.66. The van der Waals surface area contributed by atoms with E-state index in [1.807, 2.05) is 30.3 Å². The van der Waals surface area contributed by atoms with E-state index in [0.717, 1.165) is 61.9 Å². The molecule has 6 rings (SSSR count). The number of benzene rings is 1. The molecular weight excluding hydrogens is 576 g/mol. The zero-order chi connectivity index (χ0) is 32.5. The second-order valence-corrected chi connectivity index (χ2v) is 14.9. The molecule has 1 aromatic carbocycles. The first-order valence-electron chi connectivity index (χ1n) is 17.7. The lowest BCUT2D eigenvalue weighted by Crippen LogP contribution is -2.37. The number of hydrogen-bond donors (Lipinski definition) is 2. The van der Waals surface area contributed by atoms with Crippen LogP contribution in [0.4, 0.5) is 0 Å². The average Bonchev–Trinajstić information content (AvgIpc) is 3.57. The van der Waals surface area contributed by atoms with Crippen molar-refractivity contribution in [1.82, 2.24) is 10.1 Å². The number of carbonyl (C=O) groups excluding carboxylic acids is 1. The van der Waals surface area contributed by atoms with Gasteiger partial charge in [-0.05, 0) is 117 Å². The second kappa shape index (κ2) is 13.6. The second-order valence-electron chi connectivity index (χ2n) is 14.9. The smallest absolute Gasteiger partial charge is 0.338 e. The maximum absolute atomic E-state index is 13.3. The van der Waals surface area contributed by atoms with Crippen molar-refractivity contribution in [1.29, 1.82) is 0 Å². The highest BCUT2D eigenvalue weighted by atomic mass is 16.5. The number of hydrogen-bond acceptors (Lipinski definition) is 7. The van der Waals surface area contributed by atoms with E-state index < -0.39 is 17.6 Å². The third-order valence-electron chi connectivity index (χ3n) is 11.9. The van der Waals surface area contributed by atoms with Gasteiger partial charge in [-0.25, -0.2) is 4.79 Å². The van der Waals surface area contributed by atoms with Gasteiger partial charge < -0.3 is 19.5 Å². The van der Waals surface area contributed by atoms with E-state index in [1.165, 1.54) is 31.3 Å². The van der Waals surface area contributed by atoms with Gasteiger partial charge in [0, 0.05) is 12.8 Å². The van der Waals surface area contributed by atoms with Gasteiger partial charge in [0.1, 0.15) is 6.10 Å². The zero-order valence-corrected chi connectivity index (χ0v) is 27.9. The van der Waals surface area contributed by atoms with Crippen molar-refractivity contribution < 1.29 is 24.3 Å². The molecule has 1 heterocycles. The van der Waals surface area contributed by atoms with Crippen LogP contribution in [0.25, 0.3) is 0 Å². The van der Waals surface area contributed by atoms with Crippen molar-refractivity contribution in [3.63, 3.8) is 0 Å². The number of aliphatic hydroxyl groups is 2. The molecule has 0 unspecified atom stereocenters. The predicted octanol–water partition coefficient (Wildman–Crippen LogP) is 7.84. The maximum atomic E-state index is 13.3. The number of ether oxygens (including phenoxy) is 1. The molecule has 4 aliphatic carbocycles. The lowest BCUT2D eigenvalue weighted by atomic mass is 9.60. The van der Waals surface area contributed by atoms with Crippen LogP contribution in [0.2, 0.25) is 0 Å². The molecule has 1 aromatic heterocycles. The van der Waals surface area contributed by atoms with Gasteiger partial charge in [0.2, 0.25) is 5.89 Å². The van der Waals surface area contributed by atoms with E-state index in [2.05, 4.69) is 44.7 Å². The number of carbonyl (C=O) groups is 1. The highest BCUT2D eigenvalue weighted by Crippen LogP contribution is 2.60. The Labute approximate surface area is 274 Å². The fourth-order valence-corrected chi connectivity index (χ4v) is 9.10. The van der Waals surface area contributed by atoms with E-state index in [1.54, 1.807) is 0 Å². The standard InChI is InChI=1S/C39H52N2O5/c1-5-10-35-40-37(46-41-35)39(21-22-39)34(45-36(44)28-11-7-6-8-12-28)19-14-25(2)31-17-18-32-27(13-9-20-38(31,32)4)15-16-29-23-30(42)24-33(43)26(29)3/h6-8,11-12,15-16,25,30-34,42-43H,3,5,9-10,13-14,17-24H2,1-2,4H3/b27-15+,29-16-/t25-,30-,31-,32+,33+,34-,38-/m1/s1. The first-order chi connectivity index (χ1) is 22.1. The van der Waals surface area contributed by atoms with Crippen LogP contribution in [0.3, 0.4) is 0 Å². The number of esters is 1. The SMILES string of the molecule is C=C1/C(=C\C=C2/CCC[C@]3(C)[C@@H]([C@H](C)CC[C@@H](OC(=O)c4ccccc4)C4(c5nc(CCC)no5)CC4)CC[C@@H]23)C[C@@H](O)C[C@@H]1O. The van der Waals surface area contributed by atoms with Crippen LogP contribution in [0.5, 0.6) is 0 Å². The van der Waals surface area contributed by atoms with E-state index >= 15 is 0 Å². The van der Waals surface area contributed by atoms with Crippen LogP contribution in [-0.4, -0.2) is 44.6 Å². The van der Waals surface area contributed by atoms with Gasteiger partial charge in [0.25, 0.3) is 0 Å². The molecule has 4 fully saturated rings. The van der Waals surface area contributed by atoms with Crippen LogP contribution in [0.15, 0.2) is 70.3 Å². The van der Waals surface area contributed by atoms with Crippen LogP contribution >= 0.6 is 0 Å². The topological polar surface area (TPSA) is 106 Å². The molecule has 2 N–H and O–H groups in total. The third-order valence-corrected chi connectivity index (χ3v) is 11.9. The Morgan fingerprint density at radius 3 is 2.67 bits per heavy atom. The Kier molecular flexibility index (Phi) is 9.73. The minimum atomic E-state index is -0.662. The summed E-state index contributed by atoms with van der Waals surface area (Å²) < 4.78 is 12.1. The summed E-state index contributed by atoms with van der Waals surface area (Å²) in [6.45, 7) is 11.1. The highest BCUT2D eigenvalue weighted by molar-refractivity contribution is 5.89. The van der Waals surface area contributed by atoms with E-state index in [9.17, 15) is 15.0 Å². The minimum Gasteiger partial charge on any atom is -0.458 e. The van der Waals surface area contributed by atoms with Gasteiger partial charge in [-0.3, -0.25) is 0 Å². The number of aliphatic hydroxyl groups excluding tert-OH is 2. The Morgan fingerprint density at radius 1 is 1.15 bits per heavy atom. The van der Waals surface area contributed by atoms with Gasteiger partial charge in [0.05, 0.1) is 23.2 Å². The number of rotatable bonds is 11. The van der Waals surface area contributed by atoms with Crippen LogP contribution in [0.1, 0.15) is 120 Å². The van der Waals surface area contributed by atoms with Gasteiger partial charge in [0.15, 0.2) is 5.82 Å². The lowest BCUT2D eigenvalue weighted by molar-refractivity contribution is 0.00902. The fraction of sp³-hybridized carbons (Fsp3) is 0.615. The molecule has 0 saturated heterocycles. The molecule has 0 amide bonds. The summed E-state index contributed by atoms with van der Waals surface area (Å²) in [7, 11) is 0. The average molecular weight is 629 g/mol. The van der Waals surface area contributed by atoms with E-state index in [4.69, 9.17) is 14.2 Å². The summed E-state index contributed by atoms with van der Waals surface area (Å²) in [5.41, 5.74) is 3.61. The Bertz CT molecular complexity index is 1460. The van der Waals surface area contributed by atoms with Crippen LogP contribution in [0, 0.1) is 23.2 Å². The number of allylic oxidation sites excluding steroid dienone is 3. The molecule has 248 valence electrons. The van der Waals surface area contributed by atoms with Crippen molar-refractivity contribution in [3.05, 3.63) is 83.1 Å². The molecule has 7 heteroatoms. The van der Waals surface area contributed by atoms with Gasteiger partial charge in [-0.15, -0.1) is 0 Å². The van der Waals surface area contributed by atoms with Crippen molar-refractivity contribution in [3.8, 4) is 0 Å². The number of aryl methyl sites for hydroxylation is 1. The van der Waals surface area contributed by atoms with Crippen LogP contribution in [-0.2, 0) is 16.6 Å². The van der Waals surface area contributed by atoms with E-state index in [-0.39, 0.29) is 17.5 Å². The van der Waals surface area contributed by atoms with Crippen molar-refractivity contribution in [2.75, 3.05) is 0 Å². The van der Waals surface area contributed by atoms with E-state index in [0.29, 0.717) is 42.0 Å². The molecule has 4 aliphatic rings. The Balaban J connectivity index is 1.17. The monoisotopic (exact) mass is 628 g/mol. The first kappa shape index (κ1) is 32.9. The molecule has 0 radical (unpaired) electrons. The number of fused-ring (bicyclic) bond motifs is 1. The van der Waals surface area contributed by atoms with Crippen molar-refractivity contribution >= 4 is 5.97 Å². The molecule has 7 nitrogen and oxygen atoms in total. The minimum absolute atomic E-state index is 0.222. The molecule has 46 heavy (non-hydrogen) atoms. The molecular formula is C39H52N2O5. The zero-order valence-electron chi connectivity index (χ0n) is 27.9. The maximum Gasteiger partial charge on any atom is 0.338 e. The largest absolute Gasteiger partial charge is 0.458 e. The first-order valence-corrected chi connectivity index (χ1v) is 17.7. The molecule has 0 spiro atoms. The van der Waals surface area contributed by atoms with Crippen molar-refractivity contribution in [2.24, 2.45) is 23.2 Å². The molecule has 7 atom stereocenters. The summed E-state index contributed by atoms with van der Waals surface area (Å²) in [6, 6.07) is 9.27. The number of nitrogens with zero attached hydrogens (tertiary/aromatic N) is 2. The fourth-order valence-electron chi connectivity index (χ4n) is 9.10. The predicted molar refractivity (Wildman–Crippen MR) is 178 cm³/mol. The third kappa shape index (κ3) is 6.55. The summed E-state index contributed by atoms with van der Waals surface area (Å²) in [6.07, 6.45) is 15.0. The molecule has 0 bridgehead atoms. The molecule has 2 aromatic rings. The Morgan fingerprint density at radius 2 is 1.93 bits per heavy atom. The summed E-state index contributed by atoms with van der Waals surface area (Å²) >= 11 is 0. The summed E-state index contributed by atoms with van der Waals surface area (Å²) in [4.78, 5) is 18.1. The Hall–Kier alpha value is -3.03. The lowest BCUT2D eigenvalue weighted by Gasteiger charge is -2.44. The normalized spacial score (nSPS) is 31.9. The van der Waals surface area contributed by atoms with Gasteiger partial charge in [-0.1, -0.05) is 68.4 Å². The molecule has 4 saturated carbocycles. The summed E-state index contributed by atoms with van der Waals surface area (Å²) in [5, 5.41) is 24.8. The molecule has 0 aliphatic heterocycles. The van der Waals surface area contributed by atoms with Crippen molar-refractivity contribution in [2.45, 2.75) is 128 Å². The highest BCUT2D eigenvalue weighted by Gasteiger charge is 2.58.